The second kappa shape index (κ2) is 6.72. The number of hydrogen-bond acceptors (Lipinski definition) is 4. The second-order valence-corrected chi connectivity index (χ2v) is 6.36. The molecule has 1 N–H and O–H groups in total. The van der Waals surface area contributed by atoms with Gasteiger partial charge in [0.15, 0.2) is 0 Å². The van der Waals surface area contributed by atoms with E-state index < -0.39 is 0 Å². The number of amides is 1. The van der Waals surface area contributed by atoms with Gasteiger partial charge >= 0.3 is 0 Å². The van der Waals surface area contributed by atoms with E-state index in [-0.39, 0.29) is 5.91 Å². The van der Waals surface area contributed by atoms with Crippen LogP contribution in [-0.4, -0.2) is 29.9 Å². The van der Waals surface area contributed by atoms with Crippen LogP contribution in [0.3, 0.4) is 0 Å². The molecule has 0 bridgehead atoms. The zero-order valence-corrected chi connectivity index (χ0v) is 13.8. The van der Waals surface area contributed by atoms with Crippen molar-refractivity contribution in [3.8, 4) is 0 Å². The van der Waals surface area contributed by atoms with Crippen LogP contribution in [-0.2, 0) is 13.0 Å². The maximum atomic E-state index is 12.0. The Bertz CT molecular complexity index is 634. The molecule has 1 amide bonds. The Kier molecular flexibility index (Phi) is 4.96. The lowest BCUT2D eigenvalue weighted by molar-refractivity contribution is 0.0827. The summed E-state index contributed by atoms with van der Waals surface area (Å²) < 4.78 is 0. The van der Waals surface area contributed by atoms with Gasteiger partial charge in [-0.1, -0.05) is 13.0 Å². The van der Waals surface area contributed by atoms with Crippen LogP contribution < -0.4 is 5.32 Å². The number of hydrogen-bond donors (Lipinski definition) is 1. The maximum absolute atomic E-state index is 12.0. The molecule has 21 heavy (non-hydrogen) atoms. The quantitative estimate of drug-likeness (QED) is 0.921. The largest absolute Gasteiger partial charge is 0.380 e. The Morgan fingerprint density at radius 1 is 1.38 bits per heavy atom. The summed E-state index contributed by atoms with van der Waals surface area (Å²) in [5.41, 5.74) is 2.83. The minimum absolute atomic E-state index is 0.0177. The fourth-order valence-electron chi connectivity index (χ4n) is 1.98. The predicted molar refractivity (Wildman–Crippen MR) is 88.0 cm³/mol. The number of aryl methyl sites for hydroxylation is 2. The molecule has 0 radical (unpaired) electrons. The van der Waals surface area contributed by atoms with Crippen molar-refractivity contribution >= 4 is 22.9 Å². The lowest BCUT2D eigenvalue weighted by atomic mass is 10.1. The number of aromatic nitrogens is 1. The summed E-state index contributed by atoms with van der Waals surface area (Å²) in [5.74, 6) is 0.0177. The third kappa shape index (κ3) is 3.82. The zero-order chi connectivity index (χ0) is 15.4. The van der Waals surface area contributed by atoms with Crippen LogP contribution in [0.5, 0.6) is 0 Å². The van der Waals surface area contributed by atoms with E-state index >= 15 is 0 Å². The van der Waals surface area contributed by atoms with Gasteiger partial charge in [-0.15, -0.1) is 11.3 Å². The van der Waals surface area contributed by atoms with Gasteiger partial charge in [0.1, 0.15) is 0 Å². The monoisotopic (exact) mass is 303 g/mol. The van der Waals surface area contributed by atoms with Gasteiger partial charge in [-0.25, -0.2) is 4.98 Å². The van der Waals surface area contributed by atoms with Gasteiger partial charge in [0.25, 0.3) is 5.91 Å². The number of carbonyl (C=O) groups is 1. The molecule has 2 aromatic rings. The van der Waals surface area contributed by atoms with Crippen LogP contribution in [0.1, 0.15) is 32.7 Å². The molecule has 1 aromatic carbocycles. The molecule has 0 aliphatic carbocycles. The highest BCUT2D eigenvalue weighted by atomic mass is 32.1. The Balaban J connectivity index is 2.11. The van der Waals surface area contributed by atoms with Crippen molar-refractivity contribution in [1.29, 1.82) is 0 Å². The van der Waals surface area contributed by atoms with Gasteiger partial charge in [0.2, 0.25) is 0 Å². The standard InChI is InChI=1S/C16H21N3OS/c1-5-15-18-10-13(21-15)9-17-14-8-12(7-6-11(14)2)16(20)19(3)4/h6-8,10,17H,5,9H2,1-4H3. The molecule has 0 saturated heterocycles. The second-order valence-electron chi connectivity index (χ2n) is 5.16. The smallest absolute Gasteiger partial charge is 0.253 e. The molecular formula is C16H21N3OS. The SMILES string of the molecule is CCc1ncc(CNc2cc(C(=O)N(C)C)ccc2C)s1. The maximum Gasteiger partial charge on any atom is 0.253 e. The molecule has 0 spiro atoms. The minimum atomic E-state index is 0.0177. The first-order chi connectivity index (χ1) is 10.0. The molecular weight excluding hydrogens is 282 g/mol. The van der Waals surface area contributed by atoms with E-state index in [4.69, 9.17) is 0 Å². The number of benzene rings is 1. The Labute approximate surface area is 129 Å². The molecule has 5 heteroatoms. The normalized spacial score (nSPS) is 10.5. The van der Waals surface area contributed by atoms with Gasteiger partial charge in [-0.05, 0) is 31.0 Å². The lowest BCUT2D eigenvalue weighted by Gasteiger charge is -2.13. The van der Waals surface area contributed by atoms with Crippen LogP contribution in [0, 0.1) is 6.92 Å². The number of thiazole rings is 1. The molecule has 0 saturated carbocycles. The van der Waals surface area contributed by atoms with E-state index in [1.807, 2.05) is 31.3 Å². The fourth-order valence-corrected chi connectivity index (χ4v) is 2.78. The summed E-state index contributed by atoms with van der Waals surface area (Å²) in [4.78, 5) is 19.2. The Morgan fingerprint density at radius 2 is 2.14 bits per heavy atom. The summed E-state index contributed by atoms with van der Waals surface area (Å²) >= 11 is 1.72. The topological polar surface area (TPSA) is 45.2 Å². The fraction of sp³-hybridized carbons (Fsp3) is 0.375. The van der Waals surface area contributed by atoms with E-state index in [0.717, 1.165) is 29.2 Å². The highest BCUT2D eigenvalue weighted by Crippen LogP contribution is 2.20. The number of anilines is 1. The van der Waals surface area contributed by atoms with Crippen LogP contribution in [0.4, 0.5) is 5.69 Å². The first-order valence-corrected chi connectivity index (χ1v) is 7.82. The third-order valence-corrected chi connectivity index (χ3v) is 4.39. The molecule has 0 aliphatic rings. The zero-order valence-electron chi connectivity index (χ0n) is 12.9. The van der Waals surface area contributed by atoms with Gasteiger partial charge in [-0.2, -0.15) is 0 Å². The van der Waals surface area contributed by atoms with Crippen LogP contribution >= 0.6 is 11.3 Å². The van der Waals surface area contributed by atoms with Gasteiger partial charge in [-0.3, -0.25) is 4.79 Å². The van der Waals surface area contributed by atoms with Crippen molar-refractivity contribution in [3.05, 3.63) is 45.4 Å². The van der Waals surface area contributed by atoms with Crippen molar-refractivity contribution in [2.45, 2.75) is 26.8 Å². The molecule has 0 atom stereocenters. The number of nitrogens with one attached hydrogen (secondary N) is 1. The average Bonchev–Trinajstić information content (AvgIpc) is 2.93. The summed E-state index contributed by atoms with van der Waals surface area (Å²) in [6, 6.07) is 5.76. The van der Waals surface area contributed by atoms with Crippen molar-refractivity contribution in [2.24, 2.45) is 0 Å². The van der Waals surface area contributed by atoms with E-state index in [9.17, 15) is 4.79 Å². The summed E-state index contributed by atoms with van der Waals surface area (Å²) in [6.45, 7) is 4.88. The summed E-state index contributed by atoms with van der Waals surface area (Å²) in [7, 11) is 3.53. The molecule has 0 aliphatic heterocycles. The van der Waals surface area contributed by atoms with E-state index in [2.05, 4.69) is 17.2 Å². The summed E-state index contributed by atoms with van der Waals surface area (Å²) in [5, 5.41) is 4.55. The van der Waals surface area contributed by atoms with Crippen LogP contribution in [0.25, 0.3) is 0 Å². The highest BCUT2D eigenvalue weighted by Gasteiger charge is 2.10. The first kappa shape index (κ1) is 15.5. The first-order valence-electron chi connectivity index (χ1n) is 7.01. The minimum Gasteiger partial charge on any atom is -0.380 e. The third-order valence-electron chi connectivity index (χ3n) is 3.25. The average molecular weight is 303 g/mol. The van der Waals surface area contributed by atoms with E-state index in [1.165, 1.54) is 4.88 Å². The van der Waals surface area contributed by atoms with Crippen molar-refractivity contribution in [1.82, 2.24) is 9.88 Å². The molecule has 0 fully saturated rings. The van der Waals surface area contributed by atoms with Gasteiger partial charge in [0, 0.05) is 36.4 Å². The van der Waals surface area contributed by atoms with E-state index in [1.54, 1.807) is 30.3 Å². The highest BCUT2D eigenvalue weighted by molar-refractivity contribution is 7.11. The van der Waals surface area contributed by atoms with Crippen LogP contribution in [0.15, 0.2) is 24.4 Å². The van der Waals surface area contributed by atoms with Crippen molar-refractivity contribution in [3.63, 3.8) is 0 Å². The Hall–Kier alpha value is -1.88. The van der Waals surface area contributed by atoms with Crippen molar-refractivity contribution in [2.75, 3.05) is 19.4 Å². The van der Waals surface area contributed by atoms with Gasteiger partial charge < -0.3 is 10.2 Å². The molecule has 1 aromatic heterocycles. The molecule has 4 nitrogen and oxygen atoms in total. The van der Waals surface area contributed by atoms with E-state index in [0.29, 0.717) is 5.56 Å². The van der Waals surface area contributed by atoms with Crippen molar-refractivity contribution < 1.29 is 4.79 Å². The lowest BCUT2D eigenvalue weighted by Crippen LogP contribution is -2.21. The number of carbonyl (C=O) groups excluding carboxylic acids is 1. The van der Waals surface area contributed by atoms with Crippen LogP contribution in [0.2, 0.25) is 0 Å². The van der Waals surface area contributed by atoms with Gasteiger partial charge in [0.05, 0.1) is 11.6 Å². The molecule has 1 heterocycles. The summed E-state index contributed by atoms with van der Waals surface area (Å²) in [6.07, 6.45) is 2.89. The number of nitrogens with zero attached hydrogens (tertiary/aromatic N) is 2. The molecule has 112 valence electrons. The predicted octanol–water partition coefficient (Wildman–Crippen LogP) is 3.33. The Morgan fingerprint density at radius 3 is 2.76 bits per heavy atom. The molecule has 2 rings (SSSR count). The molecule has 0 unspecified atom stereocenters. The number of rotatable bonds is 5.